The summed E-state index contributed by atoms with van der Waals surface area (Å²) in [6, 6.07) is 10.7. The van der Waals surface area contributed by atoms with E-state index < -0.39 is 0 Å². The highest BCUT2D eigenvalue weighted by Crippen LogP contribution is 2.29. The van der Waals surface area contributed by atoms with Gasteiger partial charge in [0.1, 0.15) is 0 Å². The average molecular weight is 243 g/mol. The maximum Gasteiger partial charge on any atom is 0.305 e. The lowest BCUT2D eigenvalue weighted by Gasteiger charge is -2.24. The molecule has 94 valence electrons. The predicted molar refractivity (Wildman–Crippen MR) is 70.4 cm³/mol. The summed E-state index contributed by atoms with van der Waals surface area (Å²) in [5, 5.41) is 1.30. The molecule has 3 heteroatoms. The van der Waals surface area contributed by atoms with Gasteiger partial charge in [-0.1, -0.05) is 18.2 Å². The van der Waals surface area contributed by atoms with Crippen molar-refractivity contribution < 1.29 is 9.53 Å². The summed E-state index contributed by atoms with van der Waals surface area (Å²) in [4.78, 5) is 11.3. The number of methoxy groups -OCH3 is 1. The van der Waals surface area contributed by atoms with Crippen molar-refractivity contribution in [2.45, 2.75) is 25.8 Å². The third-order valence-electron chi connectivity index (χ3n) is 3.84. The number of hydrogen-bond donors (Lipinski definition) is 0. The number of aromatic nitrogens is 1. The Hall–Kier alpha value is -1.77. The Morgan fingerprint density at radius 3 is 3.11 bits per heavy atom. The maximum absolute atomic E-state index is 11.3. The van der Waals surface area contributed by atoms with Crippen LogP contribution < -0.4 is 0 Å². The summed E-state index contributed by atoms with van der Waals surface area (Å²) in [5.74, 6) is 0.332. The maximum atomic E-state index is 11.3. The quantitative estimate of drug-likeness (QED) is 0.759. The molecule has 0 N–H and O–H groups in total. The van der Waals surface area contributed by atoms with Gasteiger partial charge in [0, 0.05) is 24.2 Å². The highest BCUT2D eigenvalue weighted by molar-refractivity contribution is 5.81. The number of esters is 1. The number of carbonyl (C=O) groups is 1. The fourth-order valence-electron chi connectivity index (χ4n) is 2.90. The van der Waals surface area contributed by atoms with Crippen LogP contribution in [0, 0.1) is 5.92 Å². The third-order valence-corrected chi connectivity index (χ3v) is 3.84. The number of nitrogens with zero attached hydrogens (tertiary/aromatic N) is 1. The average Bonchev–Trinajstić information content (AvgIpc) is 2.76. The Morgan fingerprint density at radius 2 is 2.28 bits per heavy atom. The fraction of sp³-hybridized carbons (Fsp3) is 0.400. The fourth-order valence-corrected chi connectivity index (χ4v) is 2.90. The van der Waals surface area contributed by atoms with Gasteiger partial charge in [-0.2, -0.15) is 0 Å². The molecule has 1 aliphatic rings. The van der Waals surface area contributed by atoms with E-state index in [1.54, 1.807) is 0 Å². The Morgan fingerprint density at radius 1 is 1.44 bits per heavy atom. The van der Waals surface area contributed by atoms with Gasteiger partial charge < -0.3 is 9.30 Å². The molecule has 18 heavy (non-hydrogen) atoms. The third kappa shape index (κ3) is 1.90. The Bertz CT molecular complexity index is 585. The normalized spacial score (nSPS) is 18.6. The van der Waals surface area contributed by atoms with Gasteiger partial charge in [0.25, 0.3) is 0 Å². The molecule has 1 atom stereocenters. The molecule has 0 spiro atoms. The van der Waals surface area contributed by atoms with Gasteiger partial charge in [0.15, 0.2) is 0 Å². The van der Waals surface area contributed by atoms with Crippen LogP contribution in [0.2, 0.25) is 0 Å². The van der Waals surface area contributed by atoms with Gasteiger partial charge in [0.2, 0.25) is 0 Å². The van der Waals surface area contributed by atoms with Crippen molar-refractivity contribution in [1.82, 2.24) is 4.57 Å². The second-order valence-electron chi connectivity index (χ2n) is 4.99. The number of para-hydroxylation sites is 1. The molecular formula is C15H17NO2. The minimum Gasteiger partial charge on any atom is -0.469 e. The lowest BCUT2D eigenvalue weighted by Crippen LogP contribution is -2.21. The summed E-state index contributed by atoms with van der Waals surface area (Å²) in [7, 11) is 1.46. The monoisotopic (exact) mass is 243 g/mol. The van der Waals surface area contributed by atoms with Crippen LogP contribution in [0.3, 0.4) is 0 Å². The molecule has 0 radical (unpaired) electrons. The largest absolute Gasteiger partial charge is 0.469 e. The van der Waals surface area contributed by atoms with Crippen LogP contribution in [0.25, 0.3) is 10.9 Å². The molecule has 0 fully saturated rings. The van der Waals surface area contributed by atoms with E-state index in [9.17, 15) is 4.79 Å². The van der Waals surface area contributed by atoms with Crippen molar-refractivity contribution in [3.63, 3.8) is 0 Å². The van der Waals surface area contributed by atoms with Crippen LogP contribution in [-0.2, 0) is 22.5 Å². The van der Waals surface area contributed by atoms with Crippen molar-refractivity contribution >= 4 is 16.9 Å². The Balaban J connectivity index is 1.87. The molecule has 0 bridgehead atoms. The standard InChI is InChI=1S/C15H17NO2/c1-18-15(17)9-11-6-7-16-13(8-11)10-12-4-2-3-5-14(12)16/h2-5,10-11H,6-9H2,1H3/t11-/m0/s1. The minimum absolute atomic E-state index is 0.0930. The number of hydrogen-bond acceptors (Lipinski definition) is 2. The molecule has 0 aliphatic carbocycles. The molecular weight excluding hydrogens is 226 g/mol. The molecule has 2 heterocycles. The second kappa shape index (κ2) is 4.48. The molecule has 0 unspecified atom stereocenters. The van der Waals surface area contributed by atoms with Crippen molar-refractivity contribution in [2.24, 2.45) is 5.92 Å². The molecule has 3 nitrogen and oxygen atoms in total. The van der Waals surface area contributed by atoms with Crippen molar-refractivity contribution in [1.29, 1.82) is 0 Å². The molecule has 0 saturated carbocycles. The summed E-state index contributed by atoms with van der Waals surface area (Å²) in [6.45, 7) is 1.00. The van der Waals surface area contributed by atoms with Crippen LogP contribution in [-0.4, -0.2) is 17.6 Å². The van der Waals surface area contributed by atoms with Crippen molar-refractivity contribution in [3.05, 3.63) is 36.0 Å². The zero-order valence-electron chi connectivity index (χ0n) is 10.6. The number of fused-ring (bicyclic) bond motifs is 3. The summed E-state index contributed by atoms with van der Waals surface area (Å²) in [6.07, 6.45) is 2.57. The Labute approximate surface area is 106 Å². The van der Waals surface area contributed by atoms with Crippen LogP contribution in [0.15, 0.2) is 30.3 Å². The van der Waals surface area contributed by atoms with Gasteiger partial charge in [0.05, 0.1) is 7.11 Å². The first-order chi connectivity index (χ1) is 8.78. The van der Waals surface area contributed by atoms with E-state index >= 15 is 0 Å². The summed E-state index contributed by atoms with van der Waals surface area (Å²) in [5.41, 5.74) is 2.65. The van der Waals surface area contributed by atoms with Crippen LogP contribution in [0.5, 0.6) is 0 Å². The van der Waals surface area contributed by atoms with E-state index in [-0.39, 0.29) is 5.97 Å². The first kappa shape index (κ1) is 11.3. The first-order valence-corrected chi connectivity index (χ1v) is 6.42. The smallest absolute Gasteiger partial charge is 0.305 e. The first-order valence-electron chi connectivity index (χ1n) is 6.42. The van der Waals surface area contributed by atoms with Crippen LogP contribution >= 0.6 is 0 Å². The topological polar surface area (TPSA) is 31.2 Å². The molecule has 1 aliphatic heterocycles. The highest BCUT2D eigenvalue weighted by Gasteiger charge is 2.22. The zero-order chi connectivity index (χ0) is 12.5. The summed E-state index contributed by atoms with van der Waals surface area (Å²) < 4.78 is 7.13. The van der Waals surface area contributed by atoms with Crippen LogP contribution in [0.4, 0.5) is 0 Å². The van der Waals surface area contributed by atoms with Gasteiger partial charge in [-0.25, -0.2) is 0 Å². The van der Waals surface area contributed by atoms with E-state index in [0.717, 1.165) is 19.4 Å². The molecule has 0 saturated heterocycles. The van der Waals surface area contributed by atoms with Gasteiger partial charge in [-0.15, -0.1) is 0 Å². The SMILES string of the molecule is COC(=O)C[C@H]1CCn2c(cc3ccccc32)C1. The zero-order valence-corrected chi connectivity index (χ0v) is 10.6. The van der Waals surface area contributed by atoms with E-state index in [0.29, 0.717) is 12.3 Å². The van der Waals surface area contributed by atoms with Crippen molar-refractivity contribution in [2.75, 3.05) is 7.11 Å². The highest BCUT2D eigenvalue weighted by atomic mass is 16.5. The van der Waals surface area contributed by atoms with Gasteiger partial charge in [-0.3, -0.25) is 4.79 Å². The number of rotatable bonds is 2. The number of carbonyl (C=O) groups excluding carboxylic acids is 1. The van der Waals surface area contributed by atoms with Crippen molar-refractivity contribution in [3.8, 4) is 0 Å². The van der Waals surface area contributed by atoms with E-state index in [2.05, 4.69) is 34.9 Å². The van der Waals surface area contributed by atoms with E-state index in [1.807, 2.05) is 0 Å². The van der Waals surface area contributed by atoms with E-state index in [4.69, 9.17) is 4.74 Å². The van der Waals surface area contributed by atoms with Gasteiger partial charge in [-0.05, 0) is 36.3 Å². The Kier molecular flexibility index (Phi) is 2.82. The molecule has 3 rings (SSSR count). The number of benzene rings is 1. The second-order valence-corrected chi connectivity index (χ2v) is 4.99. The predicted octanol–water partition coefficient (Wildman–Crippen LogP) is 2.77. The minimum atomic E-state index is -0.0930. The summed E-state index contributed by atoms with van der Waals surface area (Å²) >= 11 is 0. The lowest BCUT2D eigenvalue weighted by molar-refractivity contribution is -0.141. The lowest BCUT2D eigenvalue weighted by atomic mass is 9.93. The number of aryl methyl sites for hydroxylation is 1. The van der Waals surface area contributed by atoms with Crippen LogP contribution in [0.1, 0.15) is 18.5 Å². The van der Waals surface area contributed by atoms with E-state index in [1.165, 1.54) is 23.7 Å². The molecule has 0 amide bonds. The molecule has 1 aromatic heterocycles. The molecule has 1 aromatic carbocycles. The number of ether oxygens (including phenoxy) is 1. The van der Waals surface area contributed by atoms with Gasteiger partial charge >= 0.3 is 5.97 Å². The molecule has 2 aromatic rings.